The fourth-order valence-corrected chi connectivity index (χ4v) is 7.56. The molecule has 0 radical (unpaired) electrons. The third-order valence-electron chi connectivity index (χ3n) is 11.4. The molecule has 0 aromatic carbocycles. The summed E-state index contributed by atoms with van der Waals surface area (Å²) in [5.74, 6) is -0.221. The van der Waals surface area contributed by atoms with Crippen LogP contribution in [-0.2, 0) is 23.7 Å². The molecule has 2 fully saturated rings. The summed E-state index contributed by atoms with van der Waals surface area (Å²) in [7, 11) is 0. The molecule has 2 aliphatic heterocycles. The number of hydrogen-bond donors (Lipinski definition) is 9. The van der Waals surface area contributed by atoms with E-state index in [1.807, 2.05) is 0 Å². The van der Waals surface area contributed by atoms with Crippen LogP contribution >= 0.6 is 0 Å². The monoisotopic (exact) mass is 846 g/mol. The Morgan fingerprint density at radius 1 is 0.610 bits per heavy atom. The lowest BCUT2D eigenvalue weighted by atomic mass is 9.97. The minimum atomic E-state index is -1.78. The van der Waals surface area contributed by atoms with Crippen LogP contribution < -0.4 is 5.32 Å². The first kappa shape index (κ1) is 53.6. The minimum Gasteiger partial charge on any atom is -0.394 e. The molecular weight excluding hydrogens is 762 g/mol. The van der Waals surface area contributed by atoms with Crippen molar-refractivity contribution in [2.75, 3.05) is 19.8 Å². The number of carbonyl (C=O) groups is 1. The average Bonchev–Trinajstić information content (AvgIpc) is 3.23. The van der Waals surface area contributed by atoms with Crippen LogP contribution in [0, 0.1) is 0 Å². The predicted molar refractivity (Wildman–Crippen MR) is 226 cm³/mol. The highest BCUT2D eigenvalue weighted by atomic mass is 16.7. The van der Waals surface area contributed by atoms with Gasteiger partial charge in [0.05, 0.1) is 32.0 Å². The largest absolute Gasteiger partial charge is 0.394 e. The van der Waals surface area contributed by atoms with Gasteiger partial charge < -0.3 is 65.1 Å². The molecule has 0 aromatic rings. The first-order valence-electron chi connectivity index (χ1n) is 23.1. The maximum atomic E-state index is 13.1. The van der Waals surface area contributed by atoms with Crippen molar-refractivity contribution in [3.05, 3.63) is 24.3 Å². The summed E-state index contributed by atoms with van der Waals surface area (Å²) in [6.45, 7) is 2.75. The van der Waals surface area contributed by atoms with Gasteiger partial charge in [-0.1, -0.05) is 134 Å². The lowest BCUT2D eigenvalue weighted by Gasteiger charge is -2.46. The normalized spacial score (nSPS) is 28.7. The Hall–Kier alpha value is -1.53. The molecule has 2 saturated heterocycles. The molecule has 12 unspecified atom stereocenters. The Kier molecular flexibility index (Phi) is 30.1. The van der Waals surface area contributed by atoms with Crippen LogP contribution in [-0.4, -0.2) is 140 Å². The van der Waals surface area contributed by atoms with Crippen molar-refractivity contribution >= 4 is 5.91 Å². The summed E-state index contributed by atoms with van der Waals surface area (Å²) >= 11 is 0. The molecule has 0 spiro atoms. The molecule has 14 heteroatoms. The van der Waals surface area contributed by atoms with Crippen molar-refractivity contribution in [2.45, 2.75) is 235 Å². The number of hydrogen-bond acceptors (Lipinski definition) is 13. The van der Waals surface area contributed by atoms with Crippen molar-refractivity contribution in [2.24, 2.45) is 0 Å². The zero-order chi connectivity index (χ0) is 43.3. The van der Waals surface area contributed by atoms with Crippen LogP contribution in [0.4, 0.5) is 0 Å². The van der Waals surface area contributed by atoms with Gasteiger partial charge in [-0.15, -0.1) is 0 Å². The molecule has 0 aliphatic carbocycles. The molecule has 2 rings (SSSR count). The molecule has 14 nitrogen and oxygen atoms in total. The molecule has 2 aliphatic rings. The Bertz CT molecular complexity index is 1090. The number of allylic oxidation sites excluding steroid dienone is 4. The Labute approximate surface area is 354 Å². The summed E-state index contributed by atoms with van der Waals surface area (Å²) in [4.78, 5) is 13.1. The van der Waals surface area contributed by atoms with Gasteiger partial charge in [-0.3, -0.25) is 4.79 Å². The summed E-state index contributed by atoms with van der Waals surface area (Å²) in [6, 6.07) is -0.827. The number of unbranched alkanes of at least 4 members (excludes halogenated alkanes) is 17. The topological polar surface area (TPSA) is 228 Å². The van der Waals surface area contributed by atoms with E-state index in [0.29, 0.717) is 19.3 Å². The lowest BCUT2D eigenvalue weighted by Crippen LogP contribution is -2.65. The summed E-state index contributed by atoms with van der Waals surface area (Å²) in [6.07, 6.45) is 16.4. The van der Waals surface area contributed by atoms with Crippen molar-refractivity contribution in [1.82, 2.24) is 5.32 Å². The fraction of sp³-hybridized carbons (Fsp3) is 0.889. The first-order valence-corrected chi connectivity index (χ1v) is 23.1. The van der Waals surface area contributed by atoms with Crippen LogP contribution in [0.3, 0.4) is 0 Å². The molecule has 0 saturated carbocycles. The van der Waals surface area contributed by atoms with Gasteiger partial charge in [0, 0.05) is 6.42 Å². The van der Waals surface area contributed by atoms with E-state index in [2.05, 4.69) is 43.5 Å². The highest BCUT2D eigenvalue weighted by Crippen LogP contribution is 2.30. The van der Waals surface area contributed by atoms with Gasteiger partial charge in [0.1, 0.15) is 48.8 Å². The molecule has 2 heterocycles. The maximum absolute atomic E-state index is 13.1. The van der Waals surface area contributed by atoms with E-state index in [-0.39, 0.29) is 12.5 Å². The van der Waals surface area contributed by atoms with Gasteiger partial charge in [-0.2, -0.15) is 0 Å². The number of nitrogens with one attached hydrogen (secondary N) is 1. The SMILES string of the molecule is CCCCCC/C=C\C/C=C\CCCCCCCCCC(=O)NC(COC1OC(CO)C(OC2OC(CO)C(O)C(O)C2O)C(O)C1O)C(O)CCCCCCCCC. The van der Waals surface area contributed by atoms with E-state index in [9.17, 15) is 45.6 Å². The molecule has 0 bridgehead atoms. The molecule has 12 atom stereocenters. The van der Waals surface area contributed by atoms with E-state index < -0.39 is 86.8 Å². The zero-order valence-electron chi connectivity index (χ0n) is 36.2. The third kappa shape index (κ3) is 21.4. The van der Waals surface area contributed by atoms with Crippen LogP contribution in [0.25, 0.3) is 0 Å². The quantitative estimate of drug-likeness (QED) is 0.0319. The number of ether oxygens (including phenoxy) is 4. The van der Waals surface area contributed by atoms with Gasteiger partial charge in [0.25, 0.3) is 0 Å². The van der Waals surface area contributed by atoms with E-state index in [0.717, 1.165) is 64.2 Å². The van der Waals surface area contributed by atoms with Crippen molar-refractivity contribution in [3.63, 3.8) is 0 Å². The summed E-state index contributed by atoms with van der Waals surface area (Å²) < 4.78 is 22.6. The smallest absolute Gasteiger partial charge is 0.220 e. The standard InChI is InChI=1S/C45H83NO13/c1-3-5-7-9-11-12-13-14-15-16-17-18-19-20-21-23-25-27-29-37(50)46-33(34(49)28-26-24-22-10-8-6-4-2)32-56-44-42(55)40(53)43(36(31-48)58-44)59-45-41(54)39(52)38(51)35(30-47)57-45/h12-13,15-16,33-36,38-45,47-49,51-55H,3-11,14,17-32H2,1-2H3,(H,46,50)/b13-12-,16-15-. The second-order valence-electron chi connectivity index (χ2n) is 16.5. The number of aliphatic hydroxyl groups is 8. The van der Waals surface area contributed by atoms with Gasteiger partial charge in [-0.05, 0) is 44.9 Å². The van der Waals surface area contributed by atoms with Gasteiger partial charge in [0.15, 0.2) is 12.6 Å². The summed E-state index contributed by atoms with van der Waals surface area (Å²) in [5.41, 5.74) is 0. The second-order valence-corrected chi connectivity index (χ2v) is 16.5. The van der Waals surface area contributed by atoms with Crippen LogP contribution in [0.2, 0.25) is 0 Å². The molecule has 1 amide bonds. The number of aliphatic hydroxyl groups excluding tert-OH is 8. The molecule has 0 aromatic heterocycles. The van der Waals surface area contributed by atoms with Crippen molar-refractivity contribution in [3.8, 4) is 0 Å². The molecule has 9 N–H and O–H groups in total. The summed E-state index contributed by atoms with van der Waals surface area (Å²) in [5, 5.41) is 86.4. The van der Waals surface area contributed by atoms with Crippen LogP contribution in [0.15, 0.2) is 24.3 Å². The predicted octanol–water partition coefficient (Wildman–Crippen LogP) is 4.60. The number of rotatable bonds is 34. The maximum Gasteiger partial charge on any atom is 0.220 e. The number of amides is 1. The van der Waals surface area contributed by atoms with Gasteiger partial charge in [0.2, 0.25) is 5.91 Å². The minimum absolute atomic E-state index is 0.221. The first-order chi connectivity index (χ1) is 28.6. The Balaban J connectivity index is 1.81. The van der Waals surface area contributed by atoms with E-state index in [1.54, 1.807) is 0 Å². The average molecular weight is 846 g/mol. The fourth-order valence-electron chi connectivity index (χ4n) is 7.56. The van der Waals surface area contributed by atoms with Crippen LogP contribution in [0.5, 0.6) is 0 Å². The Morgan fingerprint density at radius 2 is 1.12 bits per heavy atom. The van der Waals surface area contributed by atoms with Gasteiger partial charge >= 0.3 is 0 Å². The number of carbonyl (C=O) groups excluding carboxylic acids is 1. The second kappa shape index (κ2) is 33.1. The van der Waals surface area contributed by atoms with Crippen LogP contribution in [0.1, 0.15) is 162 Å². The molecular formula is C45H83NO13. The Morgan fingerprint density at radius 3 is 1.71 bits per heavy atom. The zero-order valence-corrected chi connectivity index (χ0v) is 36.2. The van der Waals surface area contributed by atoms with E-state index in [1.165, 1.54) is 64.2 Å². The highest BCUT2D eigenvalue weighted by Gasteiger charge is 2.51. The van der Waals surface area contributed by atoms with E-state index in [4.69, 9.17) is 18.9 Å². The van der Waals surface area contributed by atoms with Crippen molar-refractivity contribution < 1.29 is 64.6 Å². The van der Waals surface area contributed by atoms with Gasteiger partial charge in [-0.25, -0.2) is 0 Å². The van der Waals surface area contributed by atoms with Crippen molar-refractivity contribution in [1.29, 1.82) is 0 Å². The molecule has 346 valence electrons. The van der Waals surface area contributed by atoms with E-state index >= 15 is 0 Å². The highest BCUT2D eigenvalue weighted by molar-refractivity contribution is 5.76. The third-order valence-corrected chi connectivity index (χ3v) is 11.4. The molecule has 59 heavy (non-hydrogen) atoms. The lowest BCUT2D eigenvalue weighted by molar-refractivity contribution is -0.359.